The van der Waals surface area contributed by atoms with Gasteiger partial charge >= 0.3 is 0 Å². The first-order chi connectivity index (χ1) is 19.6. The number of allylic oxidation sites excluding steroid dienone is 1. The minimum absolute atomic E-state index is 1.14. The third-order valence-electron chi connectivity index (χ3n) is 6.90. The summed E-state index contributed by atoms with van der Waals surface area (Å²) in [7, 11) is 0. The molecule has 40 heavy (non-hydrogen) atoms. The van der Waals surface area contributed by atoms with Crippen molar-refractivity contribution in [3.8, 4) is 33.5 Å². The smallest absolute Gasteiger partial charge is 0.0461 e. The lowest BCUT2D eigenvalue weighted by molar-refractivity contribution is 0.985. The predicted octanol–water partition coefficient (Wildman–Crippen LogP) is 11.6. The zero-order valence-corrected chi connectivity index (χ0v) is 25.4. The molecule has 0 spiro atoms. The fraction of sp³-hybridized carbons (Fsp3) is 0.231. The zero-order valence-electron chi connectivity index (χ0n) is 25.4. The highest BCUT2D eigenvalue weighted by Crippen LogP contribution is 2.30. The van der Waals surface area contributed by atoms with E-state index in [1.54, 1.807) is 0 Å². The Kier molecular flexibility index (Phi) is 11.8. The van der Waals surface area contributed by atoms with Crippen molar-refractivity contribution in [1.82, 2.24) is 4.98 Å². The number of benzene rings is 4. The molecule has 0 radical (unpaired) electrons. The number of hydrogen-bond donors (Lipinski definition) is 1. The molecule has 0 amide bonds. The molecule has 0 saturated carbocycles. The van der Waals surface area contributed by atoms with Crippen molar-refractivity contribution in [3.05, 3.63) is 137 Å². The molecule has 0 atom stereocenters. The van der Waals surface area contributed by atoms with Gasteiger partial charge in [-0.3, -0.25) is 0 Å². The molecule has 1 aromatic heterocycles. The first-order valence-corrected chi connectivity index (χ1v) is 14.8. The summed E-state index contributed by atoms with van der Waals surface area (Å²) in [6, 6.07) is 36.8. The van der Waals surface area contributed by atoms with Crippen LogP contribution in [0.4, 0.5) is 0 Å². The third-order valence-corrected chi connectivity index (χ3v) is 6.90. The molecule has 0 unspecified atom stereocenters. The van der Waals surface area contributed by atoms with Crippen LogP contribution >= 0.6 is 0 Å². The monoisotopic (exact) mass is 527 g/mol. The Labute approximate surface area is 242 Å². The first-order valence-electron chi connectivity index (χ1n) is 14.8. The molecule has 0 aliphatic heterocycles. The average Bonchev–Trinajstić information content (AvgIpc) is 3.45. The predicted molar refractivity (Wildman–Crippen MR) is 178 cm³/mol. The lowest BCUT2D eigenvalue weighted by Gasteiger charge is -2.08. The fourth-order valence-electron chi connectivity index (χ4n) is 4.91. The van der Waals surface area contributed by atoms with Gasteiger partial charge in [0.05, 0.1) is 0 Å². The average molecular weight is 528 g/mol. The maximum absolute atomic E-state index is 3.55. The number of rotatable bonds is 3. The van der Waals surface area contributed by atoms with Crippen molar-refractivity contribution in [2.45, 2.75) is 61.3 Å². The number of aromatic amines is 1. The lowest BCUT2D eigenvalue weighted by Crippen LogP contribution is -1.88. The van der Waals surface area contributed by atoms with Crippen molar-refractivity contribution >= 4 is 6.08 Å². The summed E-state index contributed by atoms with van der Waals surface area (Å²) in [6.45, 7) is 14.4. The van der Waals surface area contributed by atoms with Gasteiger partial charge in [-0.05, 0) is 96.3 Å². The van der Waals surface area contributed by atoms with Gasteiger partial charge in [-0.1, -0.05) is 130 Å². The van der Waals surface area contributed by atoms with Gasteiger partial charge in [-0.2, -0.15) is 0 Å². The lowest BCUT2D eigenvalue weighted by atomic mass is 9.97. The molecule has 0 saturated heterocycles. The van der Waals surface area contributed by atoms with Gasteiger partial charge < -0.3 is 4.98 Å². The molecular weight excluding hydrogens is 482 g/mol. The van der Waals surface area contributed by atoms with Crippen LogP contribution in [0, 0.1) is 20.8 Å². The van der Waals surface area contributed by atoms with Gasteiger partial charge in [0.15, 0.2) is 0 Å². The third kappa shape index (κ3) is 7.73. The number of H-pyrrole nitrogens is 1. The van der Waals surface area contributed by atoms with E-state index in [0.717, 1.165) is 12.8 Å². The molecule has 206 valence electrons. The molecule has 1 N–H and O–H groups in total. The Morgan fingerprint density at radius 1 is 0.550 bits per heavy atom. The van der Waals surface area contributed by atoms with Crippen LogP contribution < -0.4 is 0 Å². The molecule has 5 aromatic rings. The molecule has 1 heterocycles. The SMILES string of the molecule is CC.CC.Cc1cccc(-c2cccc(-c3cc4c([nH]3)C=CCC4)c2)c1.Cc1ccccc1-c1ccccc1C. The highest BCUT2D eigenvalue weighted by molar-refractivity contribution is 5.74. The summed E-state index contributed by atoms with van der Waals surface area (Å²) in [5.41, 5.74) is 14.3. The maximum Gasteiger partial charge on any atom is 0.0461 e. The number of aryl methyl sites for hydroxylation is 4. The van der Waals surface area contributed by atoms with Gasteiger partial charge in [0.25, 0.3) is 0 Å². The van der Waals surface area contributed by atoms with Crippen LogP contribution in [-0.2, 0) is 6.42 Å². The van der Waals surface area contributed by atoms with Crippen molar-refractivity contribution in [2.24, 2.45) is 0 Å². The fourth-order valence-corrected chi connectivity index (χ4v) is 4.91. The second-order valence-corrected chi connectivity index (χ2v) is 9.64. The van der Waals surface area contributed by atoms with Crippen LogP contribution in [0.3, 0.4) is 0 Å². The van der Waals surface area contributed by atoms with Crippen molar-refractivity contribution < 1.29 is 0 Å². The van der Waals surface area contributed by atoms with Gasteiger partial charge in [0.2, 0.25) is 0 Å². The van der Waals surface area contributed by atoms with E-state index in [0.29, 0.717) is 0 Å². The van der Waals surface area contributed by atoms with E-state index in [-0.39, 0.29) is 0 Å². The van der Waals surface area contributed by atoms with Crippen LogP contribution in [0.1, 0.15) is 62.1 Å². The Morgan fingerprint density at radius 2 is 1.10 bits per heavy atom. The first kappa shape index (κ1) is 30.4. The highest BCUT2D eigenvalue weighted by Gasteiger charge is 2.10. The van der Waals surface area contributed by atoms with Gasteiger partial charge in [-0.15, -0.1) is 0 Å². The molecule has 0 bridgehead atoms. The minimum atomic E-state index is 1.14. The second-order valence-electron chi connectivity index (χ2n) is 9.64. The largest absolute Gasteiger partial charge is 0.355 e. The maximum atomic E-state index is 3.55. The summed E-state index contributed by atoms with van der Waals surface area (Å²) >= 11 is 0. The normalized spacial score (nSPS) is 11.1. The topological polar surface area (TPSA) is 15.8 Å². The van der Waals surface area contributed by atoms with Crippen LogP contribution in [-0.4, -0.2) is 4.98 Å². The van der Waals surface area contributed by atoms with Crippen LogP contribution in [0.2, 0.25) is 0 Å². The summed E-state index contributed by atoms with van der Waals surface area (Å²) in [5.74, 6) is 0. The Hall–Kier alpha value is -4.10. The summed E-state index contributed by atoms with van der Waals surface area (Å²) in [5, 5.41) is 0. The van der Waals surface area contributed by atoms with Gasteiger partial charge in [0, 0.05) is 11.4 Å². The van der Waals surface area contributed by atoms with Crippen LogP contribution in [0.25, 0.3) is 39.6 Å². The van der Waals surface area contributed by atoms with Gasteiger partial charge in [-0.25, -0.2) is 0 Å². The van der Waals surface area contributed by atoms with Gasteiger partial charge in [0.1, 0.15) is 0 Å². The van der Waals surface area contributed by atoms with Crippen molar-refractivity contribution in [2.75, 3.05) is 0 Å². The molecule has 1 aliphatic rings. The molecule has 0 fully saturated rings. The van der Waals surface area contributed by atoms with E-state index in [9.17, 15) is 0 Å². The summed E-state index contributed by atoms with van der Waals surface area (Å²) in [4.78, 5) is 3.55. The van der Waals surface area contributed by atoms with E-state index < -0.39 is 0 Å². The van der Waals surface area contributed by atoms with E-state index in [1.165, 1.54) is 61.5 Å². The highest BCUT2D eigenvalue weighted by atomic mass is 14.7. The van der Waals surface area contributed by atoms with E-state index >= 15 is 0 Å². The zero-order chi connectivity index (χ0) is 28.9. The summed E-state index contributed by atoms with van der Waals surface area (Å²) < 4.78 is 0. The number of nitrogens with one attached hydrogen (secondary N) is 1. The molecule has 4 aromatic carbocycles. The molecule has 1 heteroatoms. The quantitative estimate of drug-likeness (QED) is 0.240. The molecule has 1 aliphatic carbocycles. The number of aromatic nitrogens is 1. The van der Waals surface area contributed by atoms with E-state index in [2.05, 4.69) is 141 Å². The Balaban J connectivity index is 0.000000212. The second kappa shape index (κ2) is 15.5. The molecular formula is C39H45N. The Morgan fingerprint density at radius 3 is 1.68 bits per heavy atom. The van der Waals surface area contributed by atoms with Crippen LogP contribution in [0.15, 0.2) is 109 Å². The minimum Gasteiger partial charge on any atom is -0.355 e. The standard InChI is InChI=1S/C21H19N.C14H14.2C2H6/c1-15-6-4-8-16(12-15)17-9-5-10-18(13-17)21-14-19-7-2-3-11-20(19)22-21;1-11-7-3-5-9-13(11)14-10-6-4-8-12(14)2;2*1-2/h3-6,8-14,22H,2,7H2,1H3;3-10H,1-2H3;2*1-2H3. The number of fused-ring (bicyclic) bond motifs is 1. The van der Waals surface area contributed by atoms with Crippen molar-refractivity contribution in [1.29, 1.82) is 0 Å². The van der Waals surface area contributed by atoms with E-state index in [4.69, 9.17) is 0 Å². The molecule has 6 rings (SSSR count). The Bertz CT molecular complexity index is 1470. The van der Waals surface area contributed by atoms with Crippen LogP contribution in [0.5, 0.6) is 0 Å². The van der Waals surface area contributed by atoms with E-state index in [1.807, 2.05) is 27.7 Å². The number of hydrogen-bond acceptors (Lipinski definition) is 0. The molecule has 1 nitrogen and oxygen atoms in total. The van der Waals surface area contributed by atoms with Crippen molar-refractivity contribution in [3.63, 3.8) is 0 Å². The summed E-state index contributed by atoms with van der Waals surface area (Å²) in [6.07, 6.45) is 6.73.